The number of ether oxygens (including phenoxy) is 1. The van der Waals surface area contributed by atoms with Crippen LogP contribution in [0.3, 0.4) is 0 Å². The molecule has 8 amide bonds. The van der Waals surface area contributed by atoms with Crippen LogP contribution in [0.5, 0.6) is 0 Å². The zero-order chi connectivity index (χ0) is 52.4. The molecule has 0 radical (unpaired) electrons. The van der Waals surface area contributed by atoms with Gasteiger partial charge in [0.05, 0.1) is 12.8 Å². The van der Waals surface area contributed by atoms with Crippen LogP contribution in [0.2, 0.25) is 0 Å². The first-order chi connectivity index (χ1) is 32.4. The molecule has 69 heavy (non-hydrogen) atoms. The zero-order valence-corrected chi connectivity index (χ0v) is 43.0. The summed E-state index contributed by atoms with van der Waals surface area (Å²) >= 11 is 0. The average molecular weight is 979 g/mol. The van der Waals surface area contributed by atoms with Crippen molar-refractivity contribution in [2.75, 3.05) is 0 Å². The number of nitrogens with one attached hydrogen (secondary N) is 7. The average Bonchev–Trinajstić information content (AvgIpc) is 3.25. The largest absolute Gasteiger partial charge is 0.481 e. The molecule has 0 bridgehead atoms. The molecule has 9 atom stereocenters. The molecular weight excluding hydrogens is 893 g/mol. The molecule has 0 spiro atoms. The fourth-order valence-corrected chi connectivity index (χ4v) is 7.85. The first-order valence-corrected chi connectivity index (χ1v) is 25.2. The number of esters is 1. The molecular formula is C49H86N8O12. The van der Waals surface area contributed by atoms with E-state index in [-0.39, 0.29) is 43.9 Å². The molecule has 1 rings (SSSR count). The van der Waals surface area contributed by atoms with Crippen molar-refractivity contribution in [1.82, 2.24) is 37.2 Å². The van der Waals surface area contributed by atoms with Gasteiger partial charge in [-0.2, -0.15) is 0 Å². The Morgan fingerprint density at radius 1 is 0.594 bits per heavy atom. The lowest BCUT2D eigenvalue weighted by molar-refractivity contribution is -0.156. The number of amides is 8. The first kappa shape index (κ1) is 61.7. The smallest absolute Gasteiger partial charge is 0.329 e. The van der Waals surface area contributed by atoms with Gasteiger partial charge in [0.15, 0.2) is 0 Å². The van der Waals surface area contributed by atoms with Crippen LogP contribution in [0.25, 0.3) is 0 Å². The number of hydrogen-bond donors (Lipinski definition) is 9. The molecule has 0 saturated carbocycles. The Bertz CT molecular complexity index is 1710. The number of aliphatic carboxylic acids is 1. The highest BCUT2D eigenvalue weighted by molar-refractivity contribution is 5.98. The number of carboxylic acid groups (broad SMARTS) is 1. The molecule has 20 nitrogen and oxygen atoms in total. The molecule has 0 aliphatic carbocycles. The fourth-order valence-electron chi connectivity index (χ4n) is 7.85. The van der Waals surface area contributed by atoms with Gasteiger partial charge >= 0.3 is 11.9 Å². The molecule has 10 N–H and O–H groups in total. The molecule has 20 heteroatoms. The summed E-state index contributed by atoms with van der Waals surface area (Å²) in [5.74, 6) is -10.3. The van der Waals surface area contributed by atoms with E-state index in [1.165, 1.54) is 19.8 Å². The van der Waals surface area contributed by atoms with Crippen molar-refractivity contribution < 1.29 is 57.8 Å². The lowest BCUT2D eigenvalue weighted by atomic mass is 9.97. The summed E-state index contributed by atoms with van der Waals surface area (Å²) in [7, 11) is 0. The number of nitrogens with two attached hydrogens (primary N) is 1. The summed E-state index contributed by atoms with van der Waals surface area (Å²) in [5, 5.41) is 28.0. The van der Waals surface area contributed by atoms with Gasteiger partial charge in [0.2, 0.25) is 47.3 Å². The van der Waals surface area contributed by atoms with Crippen LogP contribution >= 0.6 is 0 Å². The fraction of sp³-hybridized carbons (Fsp3) is 0.796. The van der Waals surface area contributed by atoms with E-state index in [1.54, 1.807) is 55.4 Å². The number of cyclic esters (lactones) is 1. The minimum absolute atomic E-state index is 0.0474. The van der Waals surface area contributed by atoms with Crippen LogP contribution in [-0.2, 0) is 52.7 Å². The Hall–Kier alpha value is -5.30. The number of carbonyl (C=O) groups excluding carboxylic acids is 9. The number of carboxylic acids is 1. The van der Waals surface area contributed by atoms with E-state index in [1.807, 2.05) is 0 Å². The van der Waals surface area contributed by atoms with Crippen molar-refractivity contribution in [2.45, 2.75) is 227 Å². The van der Waals surface area contributed by atoms with Gasteiger partial charge in [0, 0.05) is 6.42 Å². The Balaban J connectivity index is 3.86. The summed E-state index contributed by atoms with van der Waals surface area (Å²) < 4.78 is 6.03. The second-order valence-electron chi connectivity index (χ2n) is 19.9. The van der Waals surface area contributed by atoms with Crippen LogP contribution in [0.1, 0.15) is 178 Å². The molecule has 1 fully saturated rings. The van der Waals surface area contributed by atoms with Crippen molar-refractivity contribution in [1.29, 1.82) is 0 Å². The quantitative estimate of drug-likeness (QED) is 0.0558. The number of hydrogen-bond acceptors (Lipinski definition) is 11. The Morgan fingerprint density at radius 2 is 1.07 bits per heavy atom. The van der Waals surface area contributed by atoms with E-state index in [0.29, 0.717) is 12.8 Å². The van der Waals surface area contributed by atoms with Crippen molar-refractivity contribution in [2.24, 2.45) is 29.4 Å². The predicted molar refractivity (Wildman–Crippen MR) is 259 cm³/mol. The Kier molecular flexibility index (Phi) is 29.1. The van der Waals surface area contributed by atoms with Gasteiger partial charge in [-0.05, 0) is 62.7 Å². The standard InChI is InChI=1S/C49H86N8O12/c1-11-13-14-15-16-17-18-19-20-21-33-26-39(59)52-34(22-23-38(50)58)44(63)51-32(10)43(62)53-35(24-28(3)4)46(65)56-41(30(7)8)48(67)55-37(27-40(60)61)45(64)54-36(25-29(5)6)47(66)57-42(31(9)12-2)49(68)69-33/h28-37,41-42H,11-27H2,1-10H3,(H2,50,58)(H,51,63)(H,52,59)(H,53,62)(H,54,64)(H,55,67)(H,56,65)(H,57,66)(H,60,61)/t31-,32-,33?,34-,35+,36+,37-,41-,42-/m0/s1. The van der Waals surface area contributed by atoms with E-state index in [2.05, 4.69) is 44.1 Å². The summed E-state index contributed by atoms with van der Waals surface area (Å²) in [5.41, 5.74) is 5.42. The van der Waals surface area contributed by atoms with E-state index in [9.17, 15) is 53.1 Å². The van der Waals surface area contributed by atoms with Gasteiger partial charge in [-0.3, -0.25) is 43.2 Å². The predicted octanol–water partition coefficient (Wildman–Crippen LogP) is 3.17. The minimum atomic E-state index is -1.71. The highest BCUT2D eigenvalue weighted by Crippen LogP contribution is 2.19. The van der Waals surface area contributed by atoms with Gasteiger partial charge in [-0.15, -0.1) is 0 Å². The lowest BCUT2D eigenvalue weighted by Crippen LogP contribution is -2.61. The molecule has 1 heterocycles. The molecule has 394 valence electrons. The van der Waals surface area contributed by atoms with E-state index in [4.69, 9.17) is 10.5 Å². The van der Waals surface area contributed by atoms with Gasteiger partial charge in [-0.1, -0.05) is 120 Å². The van der Waals surface area contributed by atoms with Crippen molar-refractivity contribution >= 4 is 59.2 Å². The number of rotatable bonds is 22. The van der Waals surface area contributed by atoms with E-state index in [0.717, 1.165) is 38.5 Å². The summed E-state index contributed by atoms with van der Waals surface area (Å²) in [6.07, 6.45) is 7.01. The normalized spacial score (nSPS) is 24.9. The highest BCUT2D eigenvalue weighted by Gasteiger charge is 2.37. The molecule has 0 aromatic carbocycles. The van der Waals surface area contributed by atoms with Crippen LogP contribution < -0.4 is 43.0 Å². The van der Waals surface area contributed by atoms with Gasteiger partial charge in [0.25, 0.3) is 0 Å². The van der Waals surface area contributed by atoms with Crippen LogP contribution in [0.15, 0.2) is 0 Å². The Labute approximate surface area is 409 Å². The molecule has 0 aromatic rings. The van der Waals surface area contributed by atoms with Crippen molar-refractivity contribution in [3.8, 4) is 0 Å². The molecule has 0 aromatic heterocycles. The molecule has 1 saturated heterocycles. The van der Waals surface area contributed by atoms with Gasteiger partial charge in [-0.25, -0.2) is 4.79 Å². The van der Waals surface area contributed by atoms with Crippen LogP contribution in [0, 0.1) is 23.7 Å². The zero-order valence-electron chi connectivity index (χ0n) is 43.0. The first-order valence-electron chi connectivity index (χ1n) is 25.2. The molecule has 1 unspecified atom stereocenters. The summed E-state index contributed by atoms with van der Waals surface area (Å²) in [4.78, 5) is 135. The highest BCUT2D eigenvalue weighted by atomic mass is 16.5. The third-order valence-corrected chi connectivity index (χ3v) is 12.1. The minimum Gasteiger partial charge on any atom is -0.481 e. The lowest BCUT2D eigenvalue weighted by Gasteiger charge is -2.30. The van der Waals surface area contributed by atoms with E-state index < -0.39 is 132 Å². The molecule has 1 aliphatic rings. The summed E-state index contributed by atoms with van der Waals surface area (Å²) in [6, 6.07) is -9.49. The topological polar surface area (TPSA) is 310 Å². The van der Waals surface area contributed by atoms with Crippen molar-refractivity contribution in [3.63, 3.8) is 0 Å². The van der Waals surface area contributed by atoms with Crippen molar-refractivity contribution in [3.05, 3.63) is 0 Å². The van der Waals surface area contributed by atoms with E-state index >= 15 is 0 Å². The monoisotopic (exact) mass is 979 g/mol. The number of primary amides is 1. The third kappa shape index (κ3) is 24.7. The maximum atomic E-state index is 14.2. The van der Waals surface area contributed by atoms with Crippen LogP contribution in [0.4, 0.5) is 0 Å². The SMILES string of the molecule is CCCCCCCCCCCC1CC(=O)N[C@@H](CCC(N)=O)C(=O)N[C@@H](C)C(=O)N[C@H](CC(C)C)C(=O)N[C@@H](C(C)C)C(=O)N[C@@H](CC(=O)O)C(=O)N[C@H](CC(C)C)C(=O)N[C@@H]([C@@H](C)CC)C(=O)O1. The maximum Gasteiger partial charge on any atom is 0.329 e. The number of carbonyl (C=O) groups is 10. The second-order valence-corrected chi connectivity index (χ2v) is 19.9. The van der Waals surface area contributed by atoms with Crippen LogP contribution in [-0.4, -0.2) is 113 Å². The van der Waals surface area contributed by atoms with Gasteiger partial charge < -0.3 is 52.8 Å². The number of unbranched alkanes of at least 4 members (excludes halogenated alkanes) is 8. The summed E-state index contributed by atoms with van der Waals surface area (Å²) in [6.45, 7) is 17.4. The second kappa shape index (κ2) is 32.5. The molecule has 1 aliphatic heterocycles. The maximum absolute atomic E-state index is 14.2. The Morgan fingerprint density at radius 3 is 1.57 bits per heavy atom. The van der Waals surface area contributed by atoms with Gasteiger partial charge in [0.1, 0.15) is 48.4 Å². The third-order valence-electron chi connectivity index (χ3n) is 12.1.